The molecule has 1 heterocycles. The number of carbonyl (C=O) groups excluding carboxylic acids is 1. The molecule has 0 aromatic heterocycles. The molecule has 0 bridgehead atoms. The van der Waals surface area contributed by atoms with Crippen molar-refractivity contribution in [2.45, 2.75) is 32.7 Å². The van der Waals surface area contributed by atoms with E-state index in [2.05, 4.69) is 5.32 Å². The lowest BCUT2D eigenvalue weighted by Crippen LogP contribution is -2.31. The van der Waals surface area contributed by atoms with Gasteiger partial charge in [-0.05, 0) is 25.1 Å². The molecule has 3 nitrogen and oxygen atoms in total. The molecule has 0 spiro atoms. The zero-order valence-corrected chi connectivity index (χ0v) is 8.28. The molecule has 68 valence electrons. The summed E-state index contributed by atoms with van der Waals surface area (Å²) >= 11 is 5.02. The van der Waals surface area contributed by atoms with Crippen molar-refractivity contribution in [1.82, 2.24) is 10.2 Å². The van der Waals surface area contributed by atoms with E-state index in [4.69, 9.17) is 12.2 Å². The highest BCUT2D eigenvalue weighted by Crippen LogP contribution is 2.09. The second kappa shape index (κ2) is 3.85. The maximum atomic E-state index is 11.5. The van der Waals surface area contributed by atoms with Crippen molar-refractivity contribution in [3.63, 3.8) is 0 Å². The lowest BCUT2D eigenvalue weighted by molar-refractivity contribution is -0.127. The summed E-state index contributed by atoms with van der Waals surface area (Å²) in [5, 5.41) is 3.59. The number of carbonyl (C=O) groups is 1. The minimum absolute atomic E-state index is 0.0796. The molecule has 0 aromatic carbocycles. The molecule has 0 aliphatic carbocycles. The molecule has 12 heavy (non-hydrogen) atoms. The van der Waals surface area contributed by atoms with Crippen LogP contribution in [0.2, 0.25) is 0 Å². The highest BCUT2D eigenvalue weighted by Gasteiger charge is 2.32. The molecular formula is C8H14N2OS. The summed E-state index contributed by atoms with van der Waals surface area (Å²) in [6.45, 7) is 4.75. The lowest BCUT2D eigenvalue weighted by Gasteiger charge is -2.12. The van der Waals surface area contributed by atoms with Crippen molar-refractivity contribution >= 4 is 23.2 Å². The van der Waals surface area contributed by atoms with Crippen LogP contribution in [0.25, 0.3) is 0 Å². The fourth-order valence-electron chi connectivity index (χ4n) is 1.29. The van der Waals surface area contributed by atoms with Gasteiger partial charge in [-0.2, -0.15) is 0 Å². The molecule has 0 radical (unpaired) electrons. The Hall–Kier alpha value is -0.640. The average molecular weight is 186 g/mol. The number of amides is 1. The standard InChI is InChI=1S/C8H14N2OS/c1-3-5-10-7(11)6(4-2)9-8(10)12/h6H,3-5H2,1-2H3,(H,9,12). The van der Waals surface area contributed by atoms with E-state index >= 15 is 0 Å². The Kier molecular flexibility index (Phi) is 3.03. The van der Waals surface area contributed by atoms with Crippen LogP contribution >= 0.6 is 12.2 Å². The van der Waals surface area contributed by atoms with E-state index in [1.165, 1.54) is 0 Å². The van der Waals surface area contributed by atoms with Crippen LogP contribution in [0.1, 0.15) is 26.7 Å². The van der Waals surface area contributed by atoms with Gasteiger partial charge in [0.25, 0.3) is 5.91 Å². The van der Waals surface area contributed by atoms with Gasteiger partial charge in [-0.1, -0.05) is 13.8 Å². The van der Waals surface area contributed by atoms with Crippen LogP contribution in [-0.2, 0) is 4.79 Å². The van der Waals surface area contributed by atoms with Gasteiger partial charge in [0, 0.05) is 6.54 Å². The highest BCUT2D eigenvalue weighted by atomic mass is 32.1. The number of nitrogens with one attached hydrogen (secondary N) is 1. The van der Waals surface area contributed by atoms with Gasteiger partial charge < -0.3 is 5.32 Å². The van der Waals surface area contributed by atoms with Crippen molar-refractivity contribution in [3.05, 3.63) is 0 Å². The molecule has 0 saturated carbocycles. The second-order valence-corrected chi connectivity index (χ2v) is 3.29. The second-order valence-electron chi connectivity index (χ2n) is 2.90. The number of rotatable bonds is 3. The Morgan fingerprint density at radius 1 is 1.58 bits per heavy atom. The summed E-state index contributed by atoms with van der Waals surface area (Å²) in [5.74, 6) is 0.129. The summed E-state index contributed by atoms with van der Waals surface area (Å²) in [4.78, 5) is 13.2. The monoisotopic (exact) mass is 186 g/mol. The molecule has 1 amide bonds. The smallest absolute Gasteiger partial charge is 0.251 e. The van der Waals surface area contributed by atoms with Gasteiger partial charge in [0.05, 0.1) is 0 Å². The van der Waals surface area contributed by atoms with E-state index in [0.29, 0.717) is 5.11 Å². The van der Waals surface area contributed by atoms with Crippen molar-refractivity contribution in [3.8, 4) is 0 Å². The molecule has 1 fully saturated rings. The first-order valence-corrected chi connectivity index (χ1v) is 4.73. The van der Waals surface area contributed by atoms with E-state index in [-0.39, 0.29) is 11.9 Å². The summed E-state index contributed by atoms with van der Waals surface area (Å²) in [7, 11) is 0. The predicted molar refractivity (Wildman–Crippen MR) is 51.8 cm³/mol. The number of nitrogens with zero attached hydrogens (tertiary/aromatic N) is 1. The first-order valence-electron chi connectivity index (χ1n) is 4.32. The van der Waals surface area contributed by atoms with Crippen LogP contribution in [-0.4, -0.2) is 28.5 Å². The van der Waals surface area contributed by atoms with Gasteiger partial charge in [0.15, 0.2) is 5.11 Å². The topological polar surface area (TPSA) is 32.3 Å². The zero-order valence-electron chi connectivity index (χ0n) is 7.46. The minimum atomic E-state index is -0.0796. The van der Waals surface area contributed by atoms with E-state index in [1.54, 1.807) is 4.90 Å². The molecule has 1 atom stereocenters. The van der Waals surface area contributed by atoms with E-state index < -0.39 is 0 Å². The van der Waals surface area contributed by atoms with Crippen LogP contribution in [0.4, 0.5) is 0 Å². The molecule has 1 N–H and O–H groups in total. The third-order valence-electron chi connectivity index (χ3n) is 1.96. The Labute approximate surface area is 78.1 Å². The van der Waals surface area contributed by atoms with Crippen LogP contribution < -0.4 is 5.32 Å². The highest BCUT2D eigenvalue weighted by molar-refractivity contribution is 7.80. The summed E-state index contributed by atoms with van der Waals surface area (Å²) < 4.78 is 0. The van der Waals surface area contributed by atoms with Crippen LogP contribution in [0.15, 0.2) is 0 Å². The maximum absolute atomic E-state index is 11.5. The lowest BCUT2D eigenvalue weighted by atomic mass is 10.2. The molecule has 1 saturated heterocycles. The quantitative estimate of drug-likeness (QED) is 0.664. The Morgan fingerprint density at radius 3 is 2.67 bits per heavy atom. The van der Waals surface area contributed by atoms with Gasteiger partial charge in [-0.25, -0.2) is 0 Å². The van der Waals surface area contributed by atoms with E-state index in [9.17, 15) is 4.79 Å². The zero-order chi connectivity index (χ0) is 9.14. The fourth-order valence-corrected chi connectivity index (χ4v) is 1.61. The normalized spacial score (nSPS) is 23.2. The predicted octanol–water partition coefficient (Wildman–Crippen LogP) is 0.892. The van der Waals surface area contributed by atoms with Crippen molar-refractivity contribution in [2.75, 3.05) is 6.54 Å². The third-order valence-corrected chi connectivity index (χ3v) is 2.30. The van der Waals surface area contributed by atoms with E-state index in [0.717, 1.165) is 19.4 Å². The number of thiocarbonyl (C=S) groups is 1. The Morgan fingerprint density at radius 2 is 2.25 bits per heavy atom. The largest absolute Gasteiger partial charge is 0.350 e. The molecular weight excluding hydrogens is 172 g/mol. The number of hydrogen-bond donors (Lipinski definition) is 1. The first-order chi connectivity index (χ1) is 5.70. The maximum Gasteiger partial charge on any atom is 0.251 e. The van der Waals surface area contributed by atoms with Gasteiger partial charge in [-0.3, -0.25) is 9.69 Å². The van der Waals surface area contributed by atoms with E-state index in [1.807, 2.05) is 13.8 Å². The van der Waals surface area contributed by atoms with Crippen LogP contribution in [0.3, 0.4) is 0 Å². The van der Waals surface area contributed by atoms with Crippen LogP contribution in [0, 0.1) is 0 Å². The SMILES string of the molecule is CCCN1C(=O)C(CC)NC1=S. The Bertz CT molecular complexity index is 205. The van der Waals surface area contributed by atoms with Crippen molar-refractivity contribution in [2.24, 2.45) is 0 Å². The van der Waals surface area contributed by atoms with Crippen molar-refractivity contribution in [1.29, 1.82) is 0 Å². The fraction of sp³-hybridized carbons (Fsp3) is 0.750. The summed E-state index contributed by atoms with van der Waals surface area (Å²) in [6, 6.07) is -0.0796. The molecule has 0 aromatic rings. The summed E-state index contributed by atoms with van der Waals surface area (Å²) in [6.07, 6.45) is 1.75. The van der Waals surface area contributed by atoms with Gasteiger partial charge in [0.1, 0.15) is 6.04 Å². The molecule has 1 aliphatic rings. The minimum Gasteiger partial charge on any atom is -0.350 e. The molecule has 1 unspecified atom stereocenters. The van der Waals surface area contributed by atoms with Crippen molar-refractivity contribution < 1.29 is 4.79 Å². The van der Waals surface area contributed by atoms with Gasteiger partial charge in [-0.15, -0.1) is 0 Å². The number of hydrogen-bond acceptors (Lipinski definition) is 2. The first kappa shape index (κ1) is 9.45. The Balaban J connectivity index is 2.64. The summed E-state index contributed by atoms with van der Waals surface area (Å²) in [5.41, 5.74) is 0. The molecule has 1 rings (SSSR count). The average Bonchev–Trinajstić information content (AvgIpc) is 2.32. The van der Waals surface area contributed by atoms with Crippen LogP contribution in [0.5, 0.6) is 0 Å². The van der Waals surface area contributed by atoms with Gasteiger partial charge >= 0.3 is 0 Å². The molecule has 1 aliphatic heterocycles. The van der Waals surface area contributed by atoms with Gasteiger partial charge in [0.2, 0.25) is 0 Å². The molecule has 4 heteroatoms. The third kappa shape index (κ3) is 1.58.